The molecule has 0 aliphatic heterocycles. The number of nitrogens with zero attached hydrogens (tertiary/aromatic N) is 2. The van der Waals surface area contributed by atoms with Crippen LogP contribution >= 0.6 is 27.3 Å². The lowest BCUT2D eigenvalue weighted by Gasteiger charge is -2.00. The molecule has 2 rings (SSSR count). The second-order valence-corrected chi connectivity index (χ2v) is 5.78. The summed E-state index contributed by atoms with van der Waals surface area (Å²) in [5.74, 6) is 0. The van der Waals surface area contributed by atoms with Crippen LogP contribution in [0, 0.1) is 10.1 Å². The van der Waals surface area contributed by atoms with Gasteiger partial charge < -0.3 is 0 Å². The minimum atomic E-state index is -0.445. The molecular formula is C11H8BrN3O2S. The molecule has 1 heterocycles. The number of para-hydroxylation sites is 2. The molecule has 0 atom stereocenters. The van der Waals surface area contributed by atoms with Crippen LogP contribution < -0.4 is 5.43 Å². The molecule has 1 N–H and O–H groups in total. The predicted octanol–water partition coefficient (Wildman–Crippen LogP) is 3.86. The second-order valence-electron chi connectivity index (χ2n) is 3.29. The number of benzene rings is 1. The molecule has 5 nitrogen and oxygen atoms in total. The zero-order chi connectivity index (χ0) is 13.0. The molecule has 0 fully saturated rings. The van der Waals surface area contributed by atoms with Crippen molar-refractivity contribution in [1.29, 1.82) is 0 Å². The van der Waals surface area contributed by atoms with Crippen LogP contribution in [0.25, 0.3) is 0 Å². The van der Waals surface area contributed by atoms with E-state index in [0.717, 1.165) is 8.66 Å². The van der Waals surface area contributed by atoms with Crippen molar-refractivity contribution >= 4 is 44.9 Å². The Kier molecular flexibility index (Phi) is 4.06. The van der Waals surface area contributed by atoms with Gasteiger partial charge in [0.25, 0.3) is 5.69 Å². The fourth-order valence-electron chi connectivity index (χ4n) is 1.29. The van der Waals surface area contributed by atoms with Crippen molar-refractivity contribution in [2.24, 2.45) is 5.10 Å². The van der Waals surface area contributed by atoms with Gasteiger partial charge in [0.05, 0.1) is 14.9 Å². The molecule has 1 aromatic heterocycles. The molecule has 0 bridgehead atoms. The van der Waals surface area contributed by atoms with Gasteiger partial charge >= 0.3 is 0 Å². The molecule has 2 aromatic rings. The van der Waals surface area contributed by atoms with Gasteiger partial charge in [-0.05, 0) is 34.1 Å². The SMILES string of the molecule is O=[N+]([O-])c1ccccc1NN=Cc1ccc(Br)s1. The quantitative estimate of drug-likeness (QED) is 0.527. The van der Waals surface area contributed by atoms with Crippen LogP contribution in [0.4, 0.5) is 11.4 Å². The summed E-state index contributed by atoms with van der Waals surface area (Å²) in [6, 6.07) is 10.2. The third-order valence-electron chi connectivity index (χ3n) is 2.07. The zero-order valence-electron chi connectivity index (χ0n) is 9.04. The number of nitrogens with one attached hydrogen (secondary N) is 1. The van der Waals surface area contributed by atoms with Gasteiger partial charge in [0.15, 0.2) is 0 Å². The van der Waals surface area contributed by atoms with Crippen LogP contribution in [-0.2, 0) is 0 Å². The van der Waals surface area contributed by atoms with Crippen LogP contribution in [-0.4, -0.2) is 11.1 Å². The Morgan fingerprint density at radius 1 is 1.33 bits per heavy atom. The lowest BCUT2D eigenvalue weighted by molar-refractivity contribution is -0.384. The first-order chi connectivity index (χ1) is 8.66. The van der Waals surface area contributed by atoms with Crippen LogP contribution in [0.15, 0.2) is 45.3 Å². The highest BCUT2D eigenvalue weighted by Crippen LogP contribution is 2.23. The summed E-state index contributed by atoms with van der Waals surface area (Å²) in [5.41, 5.74) is 3.04. The molecule has 0 amide bonds. The smallest absolute Gasteiger partial charge is 0.272 e. The maximum Gasteiger partial charge on any atom is 0.294 e. The van der Waals surface area contributed by atoms with Crippen LogP contribution in [0.3, 0.4) is 0 Å². The molecule has 0 saturated heterocycles. The highest BCUT2D eigenvalue weighted by atomic mass is 79.9. The number of hydrogen-bond acceptors (Lipinski definition) is 5. The maximum atomic E-state index is 10.8. The molecule has 0 aliphatic rings. The molecule has 0 spiro atoms. The monoisotopic (exact) mass is 325 g/mol. The number of halogens is 1. The summed E-state index contributed by atoms with van der Waals surface area (Å²) in [6.45, 7) is 0. The van der Waals surface area contributed by atoms with Crippen molar-refractivity contribution in [3.63, 3.8) is 0 Å². The minimum Gasteiger partial charge on any atom is -0.272 e. The summed E-state index contributed by atoms with van der Waals surface area (Å²) >= 11 is 4.87. The number of rotatable bonds is 4. The largest absolute Gasteiger partial charge is 0.294 e. The Morgan fingerprint density at radius 3 is 2.78 bits per heavy atom. The zero-order valence-corrected chi connectivity index (χ0v) is 11.4. The van der Waals surface area contributed by atoms with Gasteiger partial charge in [-0.2, -0.15) is 5.10 Å². The van der Waals surface area contributed by atoms with E-state index in [-0.39, 0.29) is 5.69 Å². The molecule has 1 aromatic carbocycles. The summed E-state index contributed by atoms with van der Waals surface area (Å²) < 4.78 is 1.01. The Hall–Kier alpha value is -1.73. The van der Waals surface area contributed by atoms with Crippen LogP contribution in [0.2, 0.25) is 0 Å². The fourth-order valence-corrected chi connectivity index (χ4v) is 2.59. The first-order valence-corrected chi connectivity index (χ1v) is 6.55. The number of thiophene rings is 1. The maximum absolute atomic E-state index is 10.8. The second kappa shape index (κ2) is 5.74. The van der Waals surface area contributed by atoms with Crippen molar-refractivity contribution in [3.05, 3.63) is 55.2 Å². The Bertz CT molecular complexity index is 597. The third kappa shape index (κ3) is 3.14. The number of nitro benzene ring substituents is 1. The topological polar surface area (TPSA) is 67.5 Å². The average molecular weight is 326 g/mol. The molecule has 0 radical (unpaired) electrons. The van der Waals surface area contributed by atoms with E-state index in [1.807, 2.05) is 12.1 Å². The summed E-state index contributed by atoms with van der Waals surface area (Å²) in [7, 11) is 0. The minimum absolute atomic E-state index is 0.00186. The molecule has 0 saturated carbocycles. The van der Waals surface area contributed by atoms with Crippen molar-refractivity contribution < 1.29 is 4.92 Å². The number of anilines is 1. The third-order valence-corrected chi connectivity index (χ3v) is 3.63. The van der Waals surface area contributed by atoms with Gasteiger partial charge in [0, 0.05) is 10.9 Å². The van der Waals surface area contributed by atoms with Gasteiger partial charge in [-0.25, -0.2) is 0 Å². The summed E-state index contributed by atoms with van der Waals surface area (Å²) in [4.78, 5) is 11.3. The molecule has 0 aliphatic carbocycles. The van der Waals surface area contributed by atoms with Gasteiger partial charge in [-0.15, -0.1) is 11.3 Å². The molecule has 92 valence electrons. The predicted molar refractivity (Wildman–Crippen MR) is 76.3 cm³/mol. The van der Waals surface area contributed by atoms with Crippen molar-refractivity contribution in [3.8, 4) is 0 Å². The van der Waals surface area contributed by atoms with E-state index in [1.54, 1.807) is 24.4 Å². The Morgan fingerprint density at radius 2 is 2.11 bits per heavy atom. The van der Waals surface area contributed by atoms with Gasteiger partial charge in [0.1, 0.15) is 5.69 Å². The van der Waals surface area contributed by atoms with E-state index in [2.05, 4.69) is 26.5 Å². The molecule has 18 heavy (non-hydrogen) atoms. The molecule has 7 heteroatoms. The van der Waals surface area contributed by atoms with Crippen molar-refractivity contribution in [1.82, 2.24) is 0 Å². The average Bonchev–Trinajstić information content (AvgIpc) is 2.75. The molecule has 0 unspecified atom stereocenters. The van der Waals surface area contributed by atoms with Crippen LogP contribution in [0.5, 0.6) is 0 Å². The molecular weight excluding hydrogens is 318 g/mol. The van der Waals surface area contributed by atoms with E-state index in [9.17, 15) is 10.1 Å². The van der Waals surface area contributed by atoms with Crippen molar-refractivity contribution in [2.75, 3.05) is 5.43 Å². The first-order valence-electron chi connectivity index (χ1n) is 4.94. The number of nitro groups is 1. The van der Waals surface area contributed by atoms with E-state index in [1.165, 1.54) is 17.4 Å². The summed E-state index contributed by atoms with van der Waals surface area (Å²) in [5, 5.41) is 14.7. The van der Waals surface area contributed by atoms with Crippen molar-refractivity contribution in [2.45, 2.75) is 0 Å². The number of hydrogen-bond donors (Lipinski definition) is 1. The first kappa shape index (κ1) is 12.7. The van der Waals surface area contributed by atoms with E-state index >= 15 is 0 Å². The lowest BCUT2D eigenvalue weighted by atomic mass is 10.3. The lowest BCUT2D eigenvalue weighted by Crippen LogP contribution is -1.96. The standard InChI is InChI=1S/C11H8BrN3O2S/c12-11-6-5-8(18-11)7-13-14-9-3-1-2-4-10(9)15(16)17/h1-7,14H. The van der Waals surface area contributed by atoms with E-state index in [4.69, 9.17) is 0 Å². The van der Waals surface area contributed by atoms with Crippen LogP contribution in [0.1, 0.15) is 4.88 Å². The van der Waals surface area contributed by atoms with E-state index < -0.39 is 4.92 Å². The Balaban J connectivity index is 2.11. The number of hydrazone groups is 1. The normalized spacial score (nSPS) is 10.7. The highest BCUT2D eigenvalue weighted by Gasteiger charge is 2.10. The van der Waals surface area contributed by atoms with E-state index in [0.29, 0.717) is 5.69 Å². The highest BCUT2D eigenvalue weighted by molar-refractivity contribution is 9.11. The van der Waals surface area contributed by atoms with Gasteiger partial charge in [0.2, 0.25) is 0 Å². The van der Waals surface area contributed by atoms with Gasteiger partial charge in [-0.3, -0.25) is 15.5 Å². The summed E-state index contributed by atoms with van der Waals surface area (Å²) in [6.07, 6.45) is 1.62. The Labute approximate surface area is 115 Å². The fraction of sp³-hybridized carbons (Fsp3) is 0. The van der Waals surface area contributed by atoms with Gasteiger partial charge in [-0.1, -0.05) is 12.1 Å².